The second-order valence-corrected chi connectivity index (χ2v) is 9.84. The van der Waals surface area contributed by atoms with Crippen molar-refractivity contribution < 1.29 is 9.53 Å². The van der Waals surface area contributed by atoms with Crippen LogP contribution in [-0.4, -0.2) is 18.9 Å². The number of carbonyl (C=O) groups excluding carboxylic acids is 1. The molecule has 0 aliphatic rings. The van der Waals surface area contributed by atoms with Crippen LogP contribution in [-0.2, 0) is 9.53 Å². The van der Waals surface area contributed by atoms with Gasteiger partial charge in [-0.25, -0.2) is 4.79 Å². The SMILES string of the molecule is C=CC(=O)OC[Si](Cl)(Cl)CCC. The van der Waals surface area contributed by atoms with Gasteiger partial charge in [0.25, 0.3) is 6.69 Å². The molecule has 5 heteroatoms. The maximum atomic E-state index is 10.6. The van der Waals surface area contributed by atoms with Crippen LogP contribution in [0.4, 0.5) is 0 Å². The highest BCUT2D eigenvalue weighted by atomic mass is 35.7. The fraction of sp³-hybridized carbons (Fsp3) is 0.571. The summed E-state index contributed by atoms with van der Waals surface area (Å²) >= 11 is 11.9. The van der Waals surface area contributed by atoms with Crippen molar-refractivity contribution in [2.24, 2.45) is 0 Å². The highest BCUT2D eigenvalue weighted by Gasteiger charge is 2.28. The minimum atomic E-state index is -2.33. The molecule has 0 saturated heterocycles. The standard InChI is InChI=1S/C7H12Cl2O2Si/c1-3-5-12(8,9)6-11-7(10)4-2/h4H,2-3,5-6H2,1H3. The monoisotopic (exact) mass is 226 g/mol. The van der Waals surface area contributed by atoms with Crippen molar-refractivity contribution in [1.82, 2.24) is 0 Å². The van der Waals surface area contributed by atoms with E-state index in [9.17, 15) is 4.79 Å². The molecule has 0 aliphatic heterocycles. The maximum Gasteiger partial charge on any atom is 0.329 e. The Labute approximate surface area is 82.9 Å². The first-order chi connectivity index (χ1) is 5.52. The van der Waals surface area contributed by atoms with E-state index in [0.29, 0.717) is 0 Å². The van der Waals surface area contributed by atoms with Gasteiger partial charge in [0.1, 0.15) is 6.23 Å². The summed E-state index contributed by atoms with van der Waals surface area (Å²) in [4.78, 5) is 10.6. The molecule has 0 aromatic carbocycles. The Kier molecular flexibility index (Phi) is 5.62. The molecule has 0 amide bonds. The van der Waals surface area contributed by atoms with Gasteiger partial charge in [0.05, 0.1) is 0 Å². The number of rotatable bonds is 5. The summed E-state index contributed by atoms with van der Waals surface area (Å²) in [6.45, 7) is 2.92. The third kappa shape index (κ3) is 5.63. The van der Waals surface area contributed by atoms with Crippen LogP contribution in [0.5, 0.6) is 0 Å². The van der Waals surface area contributed by atoms with Gasteiger partial charge in [-0.2, -0.15) is 0 Å². The fourth-order valence-corrected chi connectivity index (χ4v) is 3.36. The molecule has 0 fully saturated rings. The van der Waals surface area contributed by atoms with Crippen LogP contribution in [0.1, 0.15) is 13.3 Å². The summed E-state index contributed by atoms with van der Waals surface area (Å²) in [5.74, 6) is -0.468. The van der Waals surface area contributed by atoms with Crippen molar-refractivity contribution in [2.75, 3.05) is 6.23 Å². The zero-order valence-corrected chi connectivity index (χ0v) is 9.49. The molecule has 12 heavy (non-hydrogen) atoms. The summed E-state index contributed by atoms with van der Waals surface area (Å²) in [6.07, 6.45) is 2.16. The van der Waals surface area contributed by atoms with Gasteiger partial charge in [0, 0.05) is 6.08 Å². The molecule has 0 N–H and O–H groups in total. The van der Waals surface area contributed by atoms with E-state index >= 15 is 0 Å². The number of esters is 1. The molecule has 0 bridgehead atoms. The third-order valence-corrected chi connectivity index (χ3v) is 4.79. The van der Waals surface area contributed by atoms with Gasteiger partial charge in [0.15, 0.2) is 0 Å². The molecule has 0 unspecified atom stereocenters. The summed E-state index contributed by atoms with van der Waals surface area (Å²) in [6, 6.07) is 0.737. The van der Waals surface area contributed by atoms with Gasteiger partial charge in [-0.3, -0.25) is 0 Å². The fourth-order valence-electron chi connectivity index (χ4n) is 0.674. The van der Waals surface area contributed by atoms with Gasteiger partial charge in [-0.05, 0) is 6.04 Å². The van der Waals surface area contributed by atoms with E-state index in [-0.39, 0.29) is 6.23 Å². The molecule has 0 aliphatic carbocycles. The molecule has 0 saturated carbocycles. The van der Waals surface area contributed by atoms with E-state index in [0.717, 1.165) is 18.5 Å². The van der Waals surface area contributed by atoms with Gasteiger partial charge < -0.3 is 4.74 Å². The van der Waals surface area contributed by atoms with Crippen LogP contribution in [0.25, 0.3) is 0 Å². The molecule has 0 heterocycles. The maximum absolute atomic E-state index is 10.6. The Balaban J connectivity index is 3.74. The lowest BCUT2D eigenvalue weighted by atomic mass is 10.6. The van der Waals surface area contributed by atoms with E-state index in [1.807, 2.05) is 6.92 Å². The predicted octanol–water partition coefficient (Wildman–Crippen LogP) is 2.58. The van der Waals surface area contributed by atoms with Crippen molar-refractivity contribution in [3.63, 3.8) is 0 Å². The Morgan fingerprint density at radius 3 is 2.67 bits per heavy atom. The average molecular weight is 227 g/mol. The molecule has 0 radical (unpaired) electrons. The van der Waals surface area contributed by atoms with Crippen LogP contribution in [0, 0.1) is 0 Å². The molecule has 0 atom stereocenters. The number of ether oxygens (including phenoxy) is 1. The van der Waals surface area contributed by atoms with E-state index < -0.39 is 12.7 Å². The van der Waals surface area contributed by atoms with Crippen molar-refractivity contribution in [3.05, 3.63) is 12.7 Å². The number of carbonyl (C=O) groups is 1. The van der Waals surface area contributed by atoms with Gasteiger partial charge >= 0.3 is 5.97 Å². The lowest BCUT2D eigenvalue weighted by Gasteiger charge is -2.14. The minimum absolute atomic E-state index is 0.148. The number of hydrogen-bond acceptors (Lipinski definition) is 2. The number of hydrogen-bond donors (Lipinski definition) is 0. The summed E-state index contributed by atoms with van der Waals surface area (Å²) in [5, 5.41) is 0. The highest BCUT2D eigenvalue weighted by molar-refractivity contribution is 7.45. The minimum Gasteiger partial charge on any atom is -0.463 e. The highest BCUT2D eigenvalue weighted by Crippen LogP contribution is 2.22. The predicted molar refractivity (Wildman–Crippen MR) is 53.7 cm³/mol. The van der Waals surface area contributed by atoms with Crippen molar-refractivity contribution >= 4 is 34.8 Å². The first kappa shape index (κ1) is 12.0. The first-order valence-corrected chi connectivity index (χ1v) is 8.12. The Bertz CT molecular complexity index is 171. The van der Waals surface area contributed by atoms with Crippen molar-refractivity contribution in [2.45, 2.75) is 19.4 Å². The van der Waals surface area contributed by atoms with Crippen molar-refractivity contribution in [1.29, 1.82) is 0 Å². The van der Waals surface area contributed by atoms with Gasteiger partial charge in [-0.1, -0.05) is 19.9 Å². The van der Waals surface area contributed by atoms with Crippen LogP contribution >= 0.6 is 22.2 Å². The van der Waals surface area contributed by atoms with E-state index in [4.69, 9.17) is 26.9 Å². The van der Waals surface area contributed by atoms with Crippen LogP contribution < -0.4 is 0 Å². The Hall–Kier alpha value is 0.00688. The summed E-state index contributed by atoms with van der Waals surface area (Å²) in [7, 11) is 0. The quantitative estimate of drug-likeness (QED) is 0.312. The normalized spacial score (nSPS) is 10.9. The second kappa shape index (κ2) is 5.62. The lowest BCUT2D eigenvalue weighted by Crippen LogP contribution is -2.28. The summed E-state index contributed by atoms with van der Waals surface area (Å²) < 4.78 is 4.75. The summed E-state index contributed by atoms with van der Waals surface area (Å²) in [5.41, 5.74) is 0. The van der Waals surface area contributed by atoms with Gasteiger partial charge in [-0.15, -0.1) is 22.2 Å². The van der Waals surface area contributed by atoms with Crippen molar-refractivity contribution in [3.8, 4) is 0 Å². The number of halogens is 2. The molecule has 2 nitrogen and oxygen atoms in total. The van der Waals surface area contributed by atoms with Gasteiger partial charge in [0.2, 0.25) is 0 Å². The largest absolute Gasteiger partial charge is 0.463 e. The molecule has 0 spiro atoms. The third-order valence-electron chi connectivity index (χ3n) is 1.21. The second-order valence-electron chi connectivity index (χ2n) is 2.42. The average Bonchev–Trinajstić information content (AvgIpc) is 2.00. The molecular formula is C7H12Cl2O2Si. The zero-order chi connectivity index (χ0) is 9.61. The molecule has 0 rings (SSSR count). The Morgan fingerprint density at radius 1 is 1.67 bits per heavy atom. The lowest BCUT2D eigenvalue weighted by molar-refractivity contribution is -0.135. The van der Waals surface area contributed by atoms with Crippen LogP contribution in [0.15, 0.2) is 12.7 Å². The Morgan fingerprint density at radius 2 is 2.25 bits per heavy atom. The smallest absolute Gasteiger partial charge is 0.329 e. The topological polar surface area (TPSA) is 26.3 Å². The molecule has 0 aromatic heterocycles. The van der Waals surface area contributed by atoms with E-state index in [1.165, 1.54) is 0 Å². The van der Waals surface area contributed by atoms with E-state index in [1.54, 1.807) is 0 Å². The zero-order valence-electron chi connectivity index (χ0n) is 6.98. The molecular weight excluding hydrogens is 215 g/mol. The molecule has 70 valence electrons. The van der Waals surface area contributed by atoms with Crippen LogP contribution in [0.3, 0.4) is 0 Å². The molecule has 0 aromatic rings. The first-order valence-electron chi connectivity index (χ1n) is 3.69. The van der Waals surface area contributed by atoms with E-state index in [2.05, 4.69) is 6.58 Å². The van der Waals surface area contributed by atoms with Crippen LogP contribution in [0.2, 0.25) is 6.04 Å².